The highest BCUT2D eigenvalue weighted by atomic mass is 16.6. The van der Waals surface area contributed by atoms with Crippen molar-refractivity contribution in [3.05, 3.63) is 71.9 Å². The molecule has 0 unspecified atom stereocenters. The number of rotatable bonds is 9. The van der Waals surface area contributed by atoms with Crippen molar-refractivity contribution in [1.29, 1.82) is 0 Å². The van der Waals surface area contributed by atoms with Crippen LogP contribution in [0.2, 0.25) is 0 Å². The van der Waals surface area contributed by atoms with Crippen molar-refractivity contribution in [3.8, 4) is 0 Å². The molecule has 0 aliphatic carbocycles. The van der Waals surface area contributed by atoms with Crippen molar-refractivity contribution < 1.29 is 19.1 Å². The third-order valence-electron chi connectivity index (χ3n) is 5.07. The number of carbonyl (C=O) groups excluding carboxylic acids is 2. The minimum absolute atomic E-state index is 0.166. The lowest BCUT2D eigenvalue weighted by Crippen LogP contribution is -2.35. The molecule has 1 N–H and O–H groups in total. The minimum Gasteiger partial charge on any atom is -0.465 e. The largest absolute Gasteiger partial charge is 0.465 e. The first-order valence-electron chi connectivity index (χ1n) is 10.8. The van der Waals surface area contributed by atoms with Crippen molar-refractivity contribution in [2.24, 2.45) is 17.8 Å². The first kappa shape index (κ1) is 22.6. The van der Waals surface area contributed by atoms with E-state index in [1.807, 2.05) is 88.5 Å². The average Bonchev–Trinajstić information content (AvgIpc) is 3.18. The summed E-state index contributed by atoms with van der Waals surface area (Å²) in [4.78, 5) is 29.8. The highest BCUT2D eigenvalue weighted by molar-refractivity contribution is 5.98. The highest BCUT2D eigenvalue weighted by Gasteiger charge is 2.40. The number of aromatic nitrogens is 1. The summed E-state index contributed by atoms with van der Waals surface area (Å²) in [5.74, 6) is -2.40. The van der Waals surface area contributed by atoms with Gasteiger partial charge in [0.05, 0.1) is 13.2 Å². The topological polar surface area (TPSA) is 68.4 Å². The maximum Gasteiger partial charge on any atom is 0.321 e. The Morgan fingerprint density at radius 3 is 1.94 bits per heavy atom. The summed E-state index contributed by atoms with van der Waals surface area (Å²) in [6.07, 6.45) is 1.88. The Labute approximate surface area is 183 Å². The Bertz CT molecular complexity index is 982. The summed E-state index contributed by atoms with van der Waals surface area (Å²) >= 11 is 0. The van der Waals surface area contributed by atoms with Gasteiger partial charge in [0.2, 0.25) is 0 Å². The fourth-order valence-corrected chi connectivity index (χ4v) is 3.61. The standard InChI is InChI=1S/C26H31NO4/c1-17(2)15-30-25(28)24(26(29)31-16-18(3)4)23(19-10-6-5-7-11-19)21-14-27-22-13-9-8-12-20(21)22/h5-14,17-18,23-24,27H,15-16H2,1-4H3/t23-/m0/s1. The molecule has 0 saturated heterocycles. The molecule has 164 valence electrons. The van der Waals surface area contributed by atoms with Crippen molar-refractivity contribution >= 4 is 22.8 Å². The van der Waals surface area contributed by atoms with E-state index in [0.717, 1.165) is 22.0 Å². The van der Waals surface area contributed by atoms with Gasteiger partial charge in [-0.2, -0.15) is 0 Å². The lowest BCUT2D eigenvalue weighted by atomic mass is 9.80. The van der Waals surface area contributed by atoms with E-state index >= 15 is 0 Å². The second-order valence-electron chi connectivity index (χ2n) is 8.70. The predicted octanol–water partition coefficient (Wildman–Crippen LogP) is 5.31. The van der Waals surface area contributed by atoms with E-state index in [0.29, 0.717) is 0 Å². The van der Waals surface area contributed by atoms with Gasteiger partial charge in [-0.25, -0.2) is 0 Å². The van der Waals surface area contributed by atoms with Gasteiger partial charge < -0.3 is 14.5 Å². The number of para-hydroxylation sites is 1. The van der Waals surface area contributed by atoms with E-state index in [2.05, 4.69) is 4.98 Å². The molecule has 2 aromatic carbocycles. The van der Waals surface area contributed by atoms with Gasteiger partial charge in [-0.1, -0.05) is 76.2 Å². The third-order valence-corrected chi connectivity index (χ3v) is 5.07. The first-order valence-corrected chi connectivity index (χ1v) is 10.8. The number of hydrogen-bond donors (Lipinski definition) is 1. The summed E-state index contributed by atoms with van der Waals surface area (Å²) in [7, 11) is 0. The molecule has 0 spiro atoms. The van der Waals surface area contributed by atoms with Crippen LogP contribution < -0.4 is 0 Å². The predicted molar refractivity (Wildman–Crippen MR) is 122 cm³/mol. The number of H-pyrrole nitrogens is 1. The third kappa shape index (κ3) is 5.54. The summed E-state index contributed by atoms with van der Waals surface area (Å²) in [6.45, 7) is 8.37. The average molecular weight is 422 g/mol. The highest BCUT2D eigenvalue weighted by Crippen LogP contribution is 2.38. The number of ether oxygens (including phenoxy) is 2. The van der Waals surface area contributed by atoms with Gasteiger partial charge >= 0.3 is 11.9 Å². The zero-order valence-electron chi connectivity index (χ0n) is 18.6. The van der Waals surface area contributed by atoms with E-state index < -0.39 is 23.8 Å². The molecule has 0 amide bonds. The SMILES string of the molecule is CC(C)COC(=O)C(C(=O)OCC(C)C)[C@@H](c1ccccc1)c1c[nH]c2ccccc12. The normalized spacial score (nSPS) is 12.5. The summed E-state index contributed by atoms with van der Waals surface area (Å²) in [6, 6.07) is 17.5. The Balaban J connectivity index is 2.10. The van der Waals surface area contributed by atoms with E-state index in [1.54, 1.807) is 0 Å². The van der Waals surface area contributed by atoms with Crippen LogP contribution >= 0.6 is 0 Å². The number of esters is 2. The molecule has 3 rings (SSSR count). The summed E-state index contributed by atoms with van der Waals surface area (Å²) in [5, 5.41) is 0.967. The lowest BCUT2D eigenvalue weighted by Gasteiger charge is -2.25. The summed E-state index contributed by atoms with van der Waals surface area (Å²) < 4.78 is 11.1. The number of aromatic amines is 1. The van der Waals surface area contributed by atoms with Crippen LogP contribution in [0.3, 0.4) is 0 Å². The fraction of sp³-hybridized carbons (Fsp3) is 0.385. The fourth-order valence-electron chi connectivity index (χ4n) is 3.61. The van der Waals surface area contributed by atoms with Crippen LogP contribution in [0, 0.1) is 17.8 Å². The molecule has 0 radical (unpaired) electrons. The van der Waals surface area contributed by atoms with Gasteiger partial charge in [0.1, 0.15) is 0 Å². The van der Waals surface area contributed by atoms with Crippen LogP contribution in [-0.4, -0.2) is 30.1 Å². The molecule has 5 nitrogen and oxygen atoms in total. The van der Waals surface area contributed by atoms with Gasteiger partial charge in [0.15, 0.2) is 5.92 Å². The molecule has 0 fully saturated rings. The molecule has 0 bridgehead atoms. The van der Waals surface area contributed by atoms with E-state index in [-0.39, 0.29) is 25.0 Å². The molecule has 5 heteroatoms. The summed E-state index contributed by atoms with van der Waals surface area (Å²) in [5.41, 5.74) is 2.68. The number of carbonyl (C=O) groups is 2. The first-order chi connectivity index (χ1) is 14.9. The number of hydrogen-bond acceptors (Lipinski definition) is 4. The van der Waals surface area contributed by atoms with Crippen LogP contribution in [0.5, 0.6) is 0 Å². The van der Waals surface area contributed by atoms with Gasteiger partial charge in [-0.15, -0.1) is 0 Å². The van der Waals surface area contributed by atoms with E-state index in [4.69, 9.17) is 9.47 Å². The molecule has 0 saturated carbocycles. The van der Waals surface area contributed by atoms with Crippen LogP contribution in [0.4, 0.5) is 0 Å². The quantitative estimate of drug-likeness (QED) is 0.375. The lowest BCUT2D eigenvalue weighted by molar-refractivity contribution is -0.164. The van der Waals surface area contributed by atoms with Gasteiger partial charge in [0, 0.05) is 23.0 Å². The maximum atomic E-state index is 13.2. The Hall–Kier alpha value is -3.08. The molecular weight excluding hydrogens is 390 g/mol. The van der Waals surface area contributed by atoms with Crippen molar-refractivity contribution in [2.45, 2.75) is 33.6 Å². The Morgan fingerprint density at radius 1 is 0.806 bits per heavy atom. The monoisotopic (exact) mass is 421 g/mol. The number of nitrogens with one attached hydrogen (secondary N) is 1. The van der Waals surface area contributed by atoms with Gasteiger partial charge in [0.25, 0.3) is 0 Å². The second-order valence-corrected chi connectivity index (χ2v) is 8.70. The molecule has 0 aliphatic heterocycles. The van der Waals surface area contributed by atoms with Crippen molar-refractivity contribution in [2.75, 3.05) is 13.2 Å². The number of fused-ring (bicyclic) bond motifs is 1. The minimum atomic E-state index is -1.10. The molecular formula is C26H31NO4. The smallest absolute Gasteiger partial charge is 0.321 e. The maximum absolute atomic E-state index is 13.2. The molecule has 31 heavy (non-hydrogen) atoms. The zero-order chi connectivity index (χ0) is 22.4. The van der Waals surface area contributed by atoms with Gasteiger partial charge in [-0.05, 0) is 29.0 Å². The Morgan fingerprint density at radius 2 is 1.35 bits per heavy atom. The molecule has 1 heterocycles. The van der Waals surface area contributed by atoms with Crippen LogP contribution in [-0.2, 0) is 19.1 Å². The zero-order valence-corrected chi connectivity index (χ0v) is 18.6. The number of benzene rings is 2. The molecule has 3 aromatic rings. The molecule has 0 aliphatic rings. The van der Waals surface area contributed by atoms with Crippen LogP contribution in [0.15, 0.2) is 60.8 Å². The van der Waals surface area contributed by atoms with E-state index in [1.165, 1.54) is 0 Å². The van der Waals surface area contributed by atoms with Crippen LogP contribution in [0.1, 0.15) is 44.7 Å². The Kier molecular flexibility index (Phi) is 7.50. The molecule has 1 aromatic heterocycles. The molecule has 1 atom stereocenters. The van der Waals surface area contributed by atoms with Crippen LogP contribution in [0.25, 0.3) is 10.9 Å². The van der Waals surface area contributed by atoms with E-state index in [9.17, 15) is 9.59 Å². The van der Waals surface area contributed by atoms with Crippen molar-refractivity contribution in [3.63, 3.8) is 0 Å². The van der Waals surface area contributed by atoms with Gasteiger partial charge in [-0.3, -0.25) is 9.59 Å². The second kappa shape index (κ2) is 10.3. The van der Waals surface area contributed by atoms with Crippen molar-refractivity contribution in [1.82, 2.24) is 4.98 Å².